The van der Waals surface area contributed by atoms with Crippen molar-refractivity contribution in [2.45, 2.75) is 17.4 Å². The minimum absolute atomic E-state index is 0.0468. The Labute approximate surface area is 116 Å². The number of nitrogens with zero attached hydrogens (tertiary/aromatic N) is 1. The van der Waals surface area contributed by atoms with E-state index in [-0.39, 0.29) is 19.0 Å². The highest BCUT2D eigenvalue weighted by molar-refractivity contribution is 7.89. The number of likely N-dealkylation sites (N-methyl/N-ethyl adjacent to an activating group) is 1. The molecule has 1 atom stereocenters. The minimum Gasteiger partial charge on any atom is -0.316 e. The van der Waals surface area contributed by atoms with Gasteiger partial charge in [0.15, 0.2) is 4.90 Å². The van der Waals surface area contributed by atoms with Gasteiger partial charge < -0.3 is 5.32 Å². The van der Waals surface area contributed by atoms with Gasteiger partial charge in [-0.3, -0.25) is 14.5 Å². The molecule has 0 saturated heterocycles. The van der Waals surface area contributed by atoms with Crippen molar-refractivity contribution in [3.8, 4) is 0 Å². The number of nitro benzene ring substituents is 1. The third-order valence-corrected chi connectivity index (χ3v) is 4.21. The van der Waals surface area contributed by atoms with E-state index in [2.05, 4.69) is 10.0 Å². The predicted octanol–water partition coefficient (Wildman–Crippen LogP) is 0.821. The minimum atomic E-state index is -4.01. The summed E-state index contributed by atoms with van der Waals surface area (Å²) in [7, 11) is -2.43. The molecule has 0 aromatic heterocycles. The van der Waals surface area contributed by atoms with Crippen LogP contribution in [0, 0.1) is 10.1 Å². The summed E-state index contributed by atoms with van der Waals surface area (Å²) in [6.45, 7) is -0.631. The topological polar surface area (TPSA) is 101 Å². The van der Waals surface area contributed by atoms with E-state index in [4.69, 9.17) is 0 Å². The number of alkyl halides is 1. The second-order valence-electron chi connectivity index (χ2n) is 4.04. The summed E-state index contributed by atoms with van der Waals surface area (Å²) < 4.78 is 38.6. The molecule has 20 heavy (non-hydrogen) atoms. The molecule has 0 radical (unpaired) electrons. The molecule has 7 nitrogen and oxygen atoms in total. The highest BCUT2D eigenvalue weighted by Gasteiger charge is 2.25. The number of benzene rings is 1. The van der Waals surface area contributed by atoms with Gasteiger partial charge in [0.1, 0.15) is 0 Å². The fourth-order valence-corrected chi connectivity index (χ4v) is 2.86. The molecule has 0 heterocycles. The van der Waals surface area contributed by atoms with E-state index < -0.39 is 32.2 Å². The Morgan fingerprint density at radius 1 is 1.40 bits per heavy atom. The first-order valence-corrected chi connectivity index (χ1v) is 7.37. The van der Waals surface area contributed by atoms with E-state index in [1.54, 1.807) is 7.05 Å². The third kappa shape index (κ3) is 4.22. The fourth-order valence-electron chi connectivity index (χ4n) is 1.60. The van der Waals surface area contributed by atoms with Crippen LogP contribution in [0.3, 0.4) is 0 Å². The number of nitrogens with one attached hydrogen (secondary N) is 2. The van der Waals surface area contributed by atoms with E-state index >= 15 is 0 Å². The molecule has 1 aromatic rings. The van der Waals surface area contributed by atoms with Crippen LogP contribution in [-0.2, 0) is 10.0 Å². The van der Waals surface area contributed by atoms with Gasteiger partial charge in [-0.15, -0.1) is 0 Å². The molecular formula is C11H16FN3O4S. The number of para-hydroxylation sites is 1. The predicted molar refractivity (Wildman–Crippen MR) is 71.7 cm³/mol. The molecule has 0 aliphatic rings. The Balaban J connectivity index is 2.92. The molecule has 1 aromatic carbocycles. The normalized spacial score (nSPS) is 13.1. The van der Waals surface area contributed by atoms with Gasteiger partial charge in [-0.25, -0.2) is 13.1 Å². The van der Waals surface area contributed by atoms with Gasteiger partial charge in [0, 0.05) is 18.7 Å². The van der Waals surface area contributed by atoms with Crippen molar-refractivity contribution in [3.05, 3.63) is 34.4 Å². The summed E-state index contributed by atoms with van der Waals surface area (Å²) in [5.41, 5.74) is -0.494. The largest absolute Gasteiger partial charge is 0.316 e. The second kappa shape index (κ2) is 7.27. The average molecular weight is 305 g/mol. The maximum absolute atomic E-state index is 12.2. The Bertz CT molecular complexity index is 565. The number of halogens is 1. The van der Waals surface area contributed by atoms with E-state index in [9.17, 15) is 22.9 Å². The maximum Gasteiger partial charge on any atom is 0.289 e. The van der Waals surface area contributed by atoms with Crippen LogP contribution in [0.4, 0.5) is 10.1 Å². The Morgan fingerprint density at radius 3 is 2.60 bits per heavy atom. The van der Waals surface area contributed by atoms with Gasteiger partial charge in [0.05, 0.1) is 11.6 Å². The number of hydrogen-bond donors (Lipinski definition) is 2. The van der Waals surface area contributed by atoms with Gasteiger partial charge in [0.2, 0.25) is 10.0 Å². The van der Waals surface area contributed by atoms with Crippen LogP contribution in [0.2, 0.25) is 0 Å². The summed E-state index contributed by atoms with van der Waals surface area (Å²) in [4.78, 5) is 9.66. The molecular weight excluding hydrogens is 289 g/mol. The standard InChI is InChI=1S/C11H16FN3O4S/c1-13-9(6-7-12)8-14-20(18,19)11-5-3-2-4-10(11)15(16)17/h2-5,9,13-14H,6-8H2,1H3. The molecule has 1 unspecified atom stereocenters. The molecule has 0 spiro atoms. The van der Waals surface area contributed by atoms with Gasteiger partial charge in [-0.1, -0.05) is 12.1 Å². The quantitative estimate of drug-likeness (QED) is 0.547. The van der Waals surface area contributed by atoms with Crippen molar-refractivity contribution >= 4 is 15.7 Å². The molecule has 2 N–H and O–H groups in total. The van der Waals surface area contributed by atoms with E-state index in [1.807, 2.05) is 0 Å². The first-order chi connectivity index (χ1) is 9.42. The molecule has 0 fully saturated rings. The van der Waals surface area contributed by atoms with Crippen LogP contribution in [0.1, 0.15) is 6.42 Å². The third-order valence-electron chi connectivity index (χ3n) is 2.74. The molecule has 0 aliphatic carbocycles. The molecule has 0 saturated carbocycles. The van der Waals surface area contributed by atoms with E-state index in [1.165, 1.54) is 12.1 Å². The lowest BCUT2D eigenvalue weighted by atomic mass is 10.2. The SMILES string of the molecule is CNC(CCF)CNS(=O)(=O)c1ccccc1[N+](=O)[O-]. The molecule has 112 valence electrons. The maximum atomic E-state index is 12.2. The molecule has 0 bridgehead atoms. The van der Waals surface area contributed by atoms with Gasteiger partial charge in [-0.05, 0) is 19.5 Å². The lowest BCUT2D eigenvalue weighted by Gasteiger charge is -2.15. The van der Waals surface area contributed by atoms with Crippen molar-refractivity contribution in [2.75, 3.05) is 20.3 Å². The highest BCUT2D eigenvalue weighted by atomic mass is 32.2. The van der Waals surface area contributed by atoms with Crippen LogP contribution in [-0.4, -0.2) is 39.6 Å². The number of sulfonamides is 1. The zero-order valence-corrected chi connectivity index (χ0v) is 11.7. The first-order valence-electron chi connectivity index (χ1n) is 5.88. The van der Waals surface area contributed by atoms with Crippen molar-refractivity contribution in [1.29, 1.82) is 0 Å². The van der Waals surface area contributed by atoms with Crippen LogP contribution in [0.5, 0.6) is 0 Å². The molecule has 0 aliphatic heterocycles. The van der Waals surface area contributed by atoms with Crippen molar-refractivity contribution in [2.24, 2.45) is 0 Å². The van der Waals surface area contributed by atoms with Crippen LogP contribution < -0.4 is 10.0 Å². The van der Waals surface area contributed by atoms with Gasteiger partial charge in [0.25, 0.3) is 5.69 Å². The smallest absolute Gasteiger partial charge is 0.289 e. The number of rotatable bonds is 8. The van der Waals surface area contributed by atoms with Crippen molar-refractivity contribution in [3.63, 3.8) is 0 Å². The van der Waals surface area contributed by atoms with E-state index in [0.29, 0.717) is 0 Å². The van der Waals surface area contributed by atoms with Crippen molar-refractivity contribution in [1.82, 2.24) is 10.0 Å². The van der Waals surface area contributed by atoms with Gasteiger partial charge >= 0.3 is 0 Å². The van der Waals surface area contributed by atoms with Crippen LogP contribution in [0.25, 0.3) is 0 Å². The van der Waals surface area contributed by atoms with Crippen LogP contribution >= 0.6 is 0 Å². The Morgan fingerprint density at radius 2 is 2.05 bits per heavy atom. The second-order valence-corrected chi connectivity index (χ2v) is 5.78. The monoisotopic (exact) mass is 305 g/mol. The summed E-state index contributed by atoms with van der Waals surface area (Å²) in [6.07, 6.45) is 0.149. The number of nitro groups is 1. The molecule has 1 rings (SSSR count). The summed E-state index contributed by atoms with van der Waals surface area (Å²) in [5.74, 6) is 0. The van der Waals surface area contributed by atoms with Gasteiger partial charge in [-0.2, -0.15) is 0 Å². The first kappa shape index (κ1) is 16.5. The summed E-state index contributed by atoms with van der Waals surface area (Å²) >= 11 is 0. The number of hydrogen-bond acceptors (Lipinski definition) is 5. The molecule has 0 amide bonds. The Kier molecular flexibility index (Phi) is 5.99. The summed E-state index contributed by atoms with van der Waals surface area (Å²) in [6, 6.07) is 4.68. The summed E-state index contributed by atoms with van der Waals surface area (Å²) in [5, 5.41) is 13.6. The fraction of sp³-hybridized carbons (Fsp3) is 0.455. The zero-order valence-electron chi connectivity index (χ0n) is 10.9. The molecule has 9 heteroatoms. The average Bonchev–Trinajstić information content (AvgIpc) is 2.43. The lowest BCUT2D eigenvalue weighted by Crippen LogP contribution is -2.39. The van der Waals surface area contributed by atoms with Crippen LogP contribution in [0.15, 0.2) is 29.2 Å². The highest BCUT2D eigenvalue weighted by Crippen LogP contribution is 2.22. The Hall–Kier alpha value is -1.58. The van der Waals surface area contributed by atoms with Crippen molar-refractivity contribution < 1.29 is 17.7 Å². The van der Waals surface area contributed by atoms with E-state index in [0.717, 1.165) is 12.1 Å². The zero-order chi connectivity index (χ0) is 15.2. The lowest BCUT2D eigenvalue weighted by molar-refractivity contribution is -0.387.